The van der Waals surface area contributed by atoms with Gasteiger partial charge >= 0.3 is 18.0 Å². The topological polar surface area (TPSA) is 90.9 Å². The third-order valence-electron chi connectivity index (χ3n) is 1.98. The van der Waals surface area contributed by atoms with Crippen molar-refractivity contribution >= 4 is 18.0 Å². The first-order chi connectivity index (χ1) is 8.50. The normalized spacial score (nSPS) is 14.0. The van der Waals surface area contributed by atoms with E-state index in [1.807, 2.05) is 0 Å². The van der Waals surface area contributed by atoms with Crippen LogP contribution in [0.25, 0.3) is 0 Å². The van der Waals surface area contributed by atoms with Crippen LogP contribution in [-0.4, -0.2) is 42.9 Å². The monoisotopic (exact) mass is 275 g/mol. The fraction of sp³-hybridized carbons (Fsp3) is 0.750. The van der Waals surface area contributed by atoms with Gasteiger partial charge in [-0.25, -0.2) is 9.59 Å². The zero-order valence-electron chi connectivity index (χ0n) is 12.2. The van der Waals surface area contributed by atoms with E-state index in [0.717, 1.165) is 0 Å². The number of alkyl carbamates (subject to hydrolysis) is 1. The maximum Gasteiger partial charge on any atom is 0.408 e. The number of nitrogens with one attached hydrogen (secondary N) is 1. The van der Waals surface area contributed by atoms with Crippen molar-refractivity contribution in [3.63, 3.8) is 0 Å². The molecule has 0 aliphatic carbocycles. The summed E-state index contributed by atoms with van der Waals surface area (Å²) in [5, 5.41) is 2.34. The Bertz CT molecular complexity index is 360. The summed E-state index contributed by atoms with van der Waals surface area (Å²) in [4.78, 5) is 34.1. The highest BCUT2D eigenvalue weighted by Gasteiger charge is 2.39. The zero-order valence-corrected chi connectivity index (χ0v) is 12.2. The van der Waals surface area contributed by atoms with Crippen molar-refractivity contribution in [3.05, 3.63) is 0 Å². The van der Waals surface area contributed by atoms with Gasteiger partial charge in [0.15, 0.2) is 5.54 Å². The van der Waals surface area contributed by atoms with E-state index in [2.05, 4.69) is 10.1 Å². The second-order valence-electron chi connectivity index (χ2n) is 5.23. The molecule has 0 aromatic heterocycles. The first-order valence-corrected chi connectivity index (χ1v) is 5.73. The molecule has 19 heavy (non-hydrogen) atoms. The lowest BCUT2D eigenvalue weighted by molar-refractivity contribution is -0.154. The summed E-state index contributed by atoms with van der Waals surface area (Å²) in [6, 6.07) is 0. The molecule has 0 spiro atoms. The number of hydrogen-bond acceptors (Lipinski definition) is 6. The molecule has 0 fully saturated rings. The first-order valence-electron chi connectivity index (χ1n) is 5.73. The SMILES string of the molecule is COC(=O)[C@](C)(COC(C)=O)NC(=O)OC(C)(C)C. The molecule has 0 aromatic rings. The number of ether oxygens (including phenoxy) is 3. The summed E-state index contributed by atoms with van der Waals surface area (Å²) in [6.07, 6.45) is -0.799. The Balaban J connectivity index is 4.81. The van der Waals surface area contributed by atoms with Gasteiger partial charge in [-0.1, -0.05) is 0 Å². The molecule has 0 saturated heterocycles. The Morgan fingerprint density at radius 3 is 2.00 bits per heavy atom. The summed E-state index contributed by atoms with van der Waals surface area (Å²) in [5.41, 5.74) is -2.20. The number of carbonyl (C=O) groups excluding carboxylic acids is 3. The van der Waals surface area contributed by atoms with E-state index in [9.17, 15) is 14.4 Å². The van der Waals surface area contributed by atoms with Crippen molar-refractivity contribution in [2.24, 2.45) is 0 Å². The van der Waals surface area contributed by atoms with Crippen LogP contribution in [0.3, 0.4) is 0 Å². The fourth-order valence-corrected chi connectivity index (χ4v) is 1.15. The molecule has 0 unspecified atom stereocenters. The standard InChI is InChI=1S/C12H21NO6/c1-8(14)18-7-12(5,9(15)17-6)13-10(16)19-11(2,3)4/h7H2,1-6H3,(H,13,16)/t12-/m0/s1. The van der Waals surface area contributed by atoms with Crippen LogP contribution < -0.4 is 5.32 Å². The van der Waals surface area contributed by atoms with Crippen molar-refractivity contribution < 1.29 is 28.6 Å². The highest BCUT2D eigenvalue weighted by Crippen LogP contribution is 2.12. The van der Waals surface area contributed by atoms with Crippen LogP contribution in [0.5, 0.6) is 0 Å². The van der Waals surface area contributed by atoms with E-state index >= 15 is 0 Å². The van der Waals surface area contributed by atoms with Gasteiger partial charge < -0.3 is 19.5 Å². The van der Waals surface area contributed by atoms with Gasteiger partial charge in [-0.15, -0.1) is 0 Å². The maximum atomic E-state index is 11.7. The van der Waals surface area contributed by atoms with E-state index in [4.69, 9.17) is 9.47 Å². The molecule has 0 rings (SSSR count). The molecule has 7 nitrogen and oxygen atoms in total. The molecule has 0 radical (unpaired) electrons. The lowest BCUT2D eigenvalue weighted by atomic mass is 10.0. The van der Waals surface area contributed by atoms with E-state index in [-0.39, 0.29) is 6.61 Å². The number of hydrogen-bond donors (Lipinski definition) is 1. The number of carbonyl (C=O) groups is 3. The molecule has 0 aliphatic heterocycles. The molecule has 0 aromatic carbocycles. The molecule has 7 heteroatoms. The maximum absolute atomic E-state index is 11.7. The number of rotatable bonds is 4. The number of esters is 2. The third-order valence-corrected chi connectivity index (χ3v) is 1.98. The van der Waals surface area contributed by atoms with Crippen molar-refractivity contribution in [2.45, 2.75) is 45.8 Å². The van der Waals surface area contributed by atoms with E-state index in [1.165, 1.54) is 21.0 Å². The van der Waals surface area contributed by atoms with Gasteiger partial charge in [-0.3, -0.25) is 4.79 Å². The average Bonchev–Trinajstić information content (AvgIpc) is 2.22. The molecule has 1 N–H and O–H groups in total. The predicted octanol–water partition coefficient (Wildman–Crippen LogP) is 1.01. The highest BCUT2D eigenvalue weighted by atomic mass is 16.6. The second-order valence-corrected chi connectivity index (χ2v) is 5.23. The van der Waals surface area contributed by atoms with Gasteiger partial charge in [0.25, 0.3) is 0 Å². The lowest BCUT2D eigenvalue weighted by Gasteiger charge is -2.29. The molecular weight excluding hydrogens is 254 g/mol. The van der Waals surface area contributed by atoms with Gasteiger partial charge in [0, 0.05) is 6.92 Å². The number of amides is 1. The molecule has 0 aliphatic rings. The van der Waals surface area contributed by atoms with Crippen LogP contribution in [-0.2, 0) is 23.8 Å². The van der Waals surface area contributed by atoms with Crippen LogP contribution in [0.4, 0.5) is 4.79 Å². The Labute approximate surface area is 112 Å². The summed E-state index contributed by atoms with van der Waals surface area (Å²) >= 11 is 0. The molecular formula is C12H21NO6. The molecule has 110 valence electrons. The molecule has 0 bridgehead atoms. The summed E-state index contributed by atoms with van der Waals surface area (Å²) in [5.74, 6) is -1.30. The van der Waals surface area contributed by atoms with E-state index in [0.29, 0.717) is 0 Å². The zero-order chi connectivity index (χ0) is 15.3. The van der Waals surface area contributed by atoms with Crippen LogP contribution in [0, 0.1) is 0 Å². The quantitative estimate of drug-likeness (QED) is 0.608. The van der Waals surface area contributed by atoms with Crippen molar-refractivity contribution in [3.8, 4) is 0 Å². The summed E-state index contributed by atoms with van der Waals surface area (Å²) in [6.45, 7) is 7.31. The lowest BCUT2D eigenvalue weighted by Crippen LogP contribution is -2.57. The largest absolute Gasteiger partial charge is 0.467 e. The Morgan fingerprint density at radius 2 is 1.63 bits per heavy atom. The minimum Gasteiger partial charge on any atom is -0.467 e. The smallest absolute Gasteiger partial charge is 0.408 e. The van der Waals surface area contributed by atoms with Crippen molar-refractivity contribution in [2.75, 3.05) is 13.7 Å². The van der Waals surface area contributed by atoms with Crippen molar-refractivity contribution in [1.29, 1.82) is 0 Å². The Kier molecular flexibility index (Phi) is 5.80. The third kappa shape index (κ3) is 6.64. The highest BCUT2D eigenvalue weighted by molar-refractivity contribution is 5.85. The Hall–Kier alpha value is -1.79. The van der Waals surface area contributed by atoms with Gasteiger partial charge in [0.1, 0.15) is 12.2 Å². The van der Waals surface area contributed by atoms with Gasteiger partial charge in [0.05, 0.1) is 7.11 Å². The average molecular weight is 275 g/mol. The van der Waals surface area contributed by atoms with E-state index < -0.39 is 29.2 Å². The minimum atomic E-state index is -1.50. The van der Waals surface area contributed by atoms with Gasteiger partial charge in [-0.05, 0) is 27.7 Å². The first kappa shape index (κ1) is 17.2. The van der Waals surface area contributed by atoms with Crippen molar-refractivity contribution in [1.82, 2.24) is 5.32 Å². The van der Waals surface area contributed by atoms with Crippen LogP contribution in [0.2, 0.25) is 0 Å². The van der Waals surface area contributed by atoms with Crippen LogP contribution >= 0.6 is 0 Å². The molecule has 1 atom stereocenters. The second kappa shape index (κ2) is 6.40. The van der Waals surface area contributed by atoms with Crippen LogP contribution in [0.1, 0.15) is 34.6 Å². The summed E-state index contributed by atoms with van der Waals surface area (Å²) < 4.78 is 14.4. The van der Waals surface area contributed by atoms with Gasteiger partial charge in [0.2, 0.25) is 0 Å². The molecule has 0 heterocycles. The minimum absolute atomic E-state index is 0.339. The molecule has 1 amide bonds. The summed E-state index contributed by atoms with van der Waals surface area (Å²) in [7, 11) is 1.17. The Morgan fingerprint density at radius 1 is 1.11 bits per heavy atom. The van der Waals surface area contributed by atoms with Gasteiger partial charge in [-0.2, -0.15) is 0 Å². The predicted molar refractivity (Wildman–Crippen MR) is 66.4 cm³/mol. The van der Waals surface area contributed by atoms with E-state index in [1.54, 1.807) is 20.8 Å². The number of methoxy groups -OCH3 is 1. The van der Waals surface area contributed by atoms with Crippen LogP contribution in [0.15, 0.2) is 0 Å². The fourth-order valence-electron chi connectivity index (χ4n) is 1.15. The molecule has 0 saturated carbocycles.